The molecule has 0 spiro atoms. The third kappa shape index (κ3) is 6.94. The molecule has 3 rings (SSSR count). The van der Waals surface area contributed by atoms with E-state index in [-0.39, 0.29) is 27.8 Å². The maximum atomic E-state index is 11.8. The summed E-state index contributed by atoms with van der Waals surface area (Å²) in [6.45, 7) is 12.3. The fourth-order valence-electron chi connectivity index (χ4n) is 5.18. The van der Waals surface area contributed by atoms with E-state index in [1.165, 1.54) is 0 Å². The SMILES string of the molecule is COC1C=C(C2(O)CCN(C[C@H](NCC3C=C(O)C=CC3)C(C)C)CC2(C)C)C=CC1Cl.O.O. The van der Waals surface area contributed by atoms with E-state index in [0.717, 1.165) is 38.2 Å². The summed E-state index contributed by atoms with van der Waals surface area (Å²) in [6, 6.07) is 0.349. The van der Waals surface area contributed by atoms with E-state index in [2.05, 4.69) is 37.9 Å². The lowest BCUT2D eigenvalue weighted by Gasteiger charge is -2.52. The first kappa shape index (κ1) is 30.8. The van der Waals surface area contributed by atoms with Gasteiger partial charge in [0.05, 0.1) is 17.1 Å². The van der Waals surface area contributed by atoms with Crippen LogP contribution in [0.15, 0.2) is 47.8 Å². The summed E-state index contributed by atoms with van der Waals surface area (Å²) in [5.41, 5.74) is -0.310. The topological polar surface area (TPSA) is 128 Å². The number of nitrogens with zero attached hydrogens (tertiary/aromatic N) is 1. The lowest BCUT2D eigenvalue weighted by atomic mass is 9.65. The second-order valence-corrected chi connectivity index (χ2v) is 11.1. The predicted molar refractivity (Wildman–Crippen MR) is 139 cm³/mol. The monoisotopic (exact) mass is 500 g/mol. The minimum Gasteiger partial charge on any atom is -0.508 e. The number of allylic oxidation sites excluding steroid dienone is 2. The van der Waals surface area contributed by atoms with Crippen molar-refractivity contribution in [2.45, 2.75) is 63.7 Å². The molecule has 196 valence electrons. The summed E-state index contributed by atoms with van der Waals surface area (Å²) in [6.07, 6.45) is 13.1. The van der Waals surface area contributed by atoms with Crippen molar-refractivity contribution in [1.82, 2.24) is 10.2 Å². The van der Waals surface area contributed by atoms with Gasteiger partial charge in [-0.05, 0) is 48.5 Å². The van der Waals surface area contributed by atoms with Gasteiger partial charge in [-0.15, -0.1) is 11.6 Å². The number of halogens is 1. The van der Waals surface area contributed by atoms with E-state index in [1.54, 1.807) is 13.2 Å². The van der Waals surface area contributed by atoms with Crippen LogP contribution < -0.4 is 5.32 Å². The second-order valence-electron chi connectivity index (χ2n) is 10.6. The van der Waals surface area contributed by atoms with Gasteiger partial charge in [0.1, 0.15) is 5.76 Å². The Kier molecular flexibility index (Phi) is 11.5. The molecule has 34 heavy (non-hydrogen) atoms. The Morgan fingerprint density at radius 2 is 1.94 bits per heavy atom. The van der Waals surface area contributed by atoms with Crippen LogP contribution in [0, 0.1) is 17.3 Å². The van der Waals surface area contributed by atoms with Crippen molar-refractivity contribution >= 4 is 11.6 Å². The Hall–Kier alpha value is -1.19. The number of alkyl halides is 1. The Labute approximate surface area is 209 Å². The number of rotatable bonds is 8. The van der Waals surface area contributed by atoms with Crippen LogP contribution in [0.4, 0.5) is 0 Å². The smallest absolute Gasteiger partial charge is 0.111 e. The summed E-state index contributed by atoms with van der Waals surface area (Å²) >= 11 is 6.33. The van der Waals surface area contributed by atoms with Crippen molar-refractivity contribution in [2.24, 2.45) is 17.3 Å². The van der Waals surface area contributed by atoms with Gasteiger partial charge in [0.2, 0.25) is 0 Å². The Balaban J connectivity index is 0.00000289. The number of nitrogens with one attached hydrogen (secondary N) is 1. The van der Waals surface area contributed by atoms with Gasteiger partial charge in [-0.2, -0.15) is 0 Å². The third-order valence-electron chi connectivity index (χ3n) is 7.43. The number of hydrogen-bond donors (Lipinski definition) is 3. The number of hydrogen-bond acceptors (Lipinski definition) is 5. The largest absolute Gasteiger partial charge is 0.508 e. The van der Waals surface area contributed by atoms with E-state index in [4.69, 9.17) is 16.3 Å². The maximum Gasteiger partial charge on any atom is 0.111 e. The molecular formula is C26H45ClN2O5. The lowest BCUT2D eigenvalue weighted by Crippen LogP contribution is -2.60. The molecule has 0 aromatic carbocycles. The maximum absolute atomic E-state index is 11.8. The first-order valence-electron chi connectivity index (χ1n) is 11.9. The molecule has 0 aromatic heterocycles. The van der Waals surface area contributed by atoms with Gasteiger partial charge < -0.3 is 36.1 Å². The van der Waals surface area contributed by atoms with Crippen molar-refractivity contribution in [1.29, 1.82) is 0 Å². The van der Waals surface area contributed by atoms with Gasteiger partial charge in [-0.1, -0.05) is 45.9 Å². The van der Waals surface area contributed by atoms with E-state index >= 15 is 0 Å². The minimum atomic E-state index is -0.911. The molecule has 1 fully saturated rings. The second kappa shape index (κ2) is 12.7. The number of piperidine rings is 1. The Bertz CT molecular complexity index is 779. The van der Waals surface area contributed by atoms with Crippen molar-refractivity contribution < 1.29 is 25.9 Å². The van der Waals surface area contributed by atoms with Crippen molar-refractivity contribution in [3.05, 3.63) is 47.8 Å². The average molecular weight is 501 g/mol. The standard InChI is InChI=1S/C26H41ClN2O3.2H2O/c1-18(2)23(28-15-19-7-6-8-21(30)13-19)16-29-12-11-26(31,25(3,4)17-29)20-9-10-22(27)24(14-20)32-5;;/h6,8-10,13-14,18-19,22-24,28,30-31H,7,11-12,15-17H2,1-5H3;2*1H2/t19?,22?,23-,24?,26?;;/m0../s1. The number of ether oxygens (including phenoxy) is 1. The van der Waals surface area contributed by atoms with Crippen LogP contribution in [0.2, 0.25) is 0 Å². The molecule has 2 aliphatic carbocycles. The zero-order chi connectivity index (χ0) is 23.5. The van der Waals surface area contributed by atoms with E-state index in [0.29, 0.717) is 30.1 Å². The van der Waals surface area contributed by atoms with Crippen LogP contribution in [0.25, 0.3) is 0 Å². The van der Waals surface area contributed by atoms with Crippen LogP contribution in [0.1, 0.15) is 40.5 Å². The first-order chi connectivity index (χ1) is 15.1. The highest BCUT2D eigenvalue weighted by Gasteiger charge is 2.50. The molecule has 7 nitrogen and oxygen atoms in total. The zero-order valence-corrected chi connectivity index (χ0v) is 22.0. The molecule has 8 heteroatoms. The number of methoxy groups -OCH3 is 1. The Morgan fingerprint density at radius 1 is 1.24 bits per heavy atom. The lowest BCUT2D eigenvalue weighted by molar-refractivity contribution is -0.0921. The normalized spacial score (nSPS) is 31.8. The van der Waals surface area contributed by atoms with E-state index < -0.39 is 5.60 Å². The third-order valence-corrected chi connectivity index (χ3v) is 7.82. The van der Waals surface area contributed by atoms with Crippen LogP contribution in [0.5, 0.6) is 0 Å². The molecule has 7 N–H and O–H groups in total. The number of likely N-dealkylation sites (tertiary alicyclic amines) is 1. The zero-order valence-electron chi connectivity index (χ0n) is 21.2. The molecule has 0 radical (unpaired) electrons. The van der Waals surface area contributed by atoms with Crippen LogP contribution in [0.3, 0.4) is 0 Å². The highest BCUT2D eigenvalue weighted by Crippen LogP contribution is 2.45. The summed E-state index contributed by atoms with van der Waals surface area (Å²) in [5.74, 6) is 1.18. The van der Waals surface area contributed by atoms with Gasteiger partial charge in [-0.3, -0.25) is 0 Å². The molecule has 5 atom stereocenters. The molecule has 0 bridgehead atoms. The van der Waals surface area contributed by atoms with E-state index in [9.17, 15) is 10.2 Å². The molecule has 0 amide bonds. The van der Waals surface area contributed by atoms with E-state index in [1.807, 2.05) is 30.4 Å². The van der Waals surface area contributed by atoms with Crippen LogP contribution in [-0.2, 0) is 4.74 Å². The molecule has 1 aliphatic heterocycles. The fourth-order valence-corrected chi connectivity index (χ4v) is 5.43. The predicted octanol–water partition coefficient (Wildman–Crippen LogP) is 2.55. The summed E-state index contributed by atoms with van der Waals surface area (Å²) in [7, 11) is 1.66. The molecule has 1 heterocycles. The number of aliphatic hydroxyl groups is 2. The fraction of sp³-hybridized carbons (Fsp3) is 0.692. The summed E-state index contributed by atoms with van der Waals surface area (Å²) < 4.78 is 5.51. The highest BCUT2D eigenvalue weighted by molar-refractivity contribution is 6.22. The van der Waals surface area contributed by atoms with Crippen molar-refractivity contribution in [2.75, 3.05) is 33.3 Å². The number of aliphatic hydroxyl groups excluding tert-OH is 1. The molecular weight excluding hydrogens is 456 g/mol. The van der Waals surface area contributed by atoms with Crippen LogP contribution >= 0.6 is 11.6 Å². The highest BCUT2D eigenvalue weighted by atomic mass is 35.5. The average Bonchev–Trinajstić information content (AvgIpc) is 2.73. The minimum absolute atomic E-state index is 0. The Morgan fingerprint density at radius 3 is 2.53 bits per heavy atom. The molecule has 0 saturated carbocycles. The molecule has 1 saturated heterocycles. The van der Waals surface area contributed by atoms with Crippen molar-refractivity contribution in [3.63, 3.8) is 0 Å². The van der Waals surface area contributed by atoms with Gasteiger partial charge in [0.15, 0.2) is 0 Å². The molecule has 3 aliphatic rings. The first-order valence-corrected chi connectivity index (χ1v) is 12.3. The van der Waals surface area contributed by atoms with Crippen molar-refractivity contribution in [3.8, 4) is 0 Å². The van der Waals surface area contributed by atoms with Gasteiger partial charge in [0, 0.05) is 44.7 Å². The summed E-state index contributed by atoms with van der Waals surface area (Å²) in [4.78, 5) is 2.48. The molecule has 0 aromatic rings. The van der Waals surface area contributed by atoms with Gasteiger partial charge >= 0.3 is 0 Å². The van der Waals surface area contributed by atoms with Gasteiger partial charge in [0.25, 0.3) is 0 Å². The molecule has 4 unspecified atom stereocenters. The quantitative estimate of drug-likeness (QED) is 0.441. The van der Waals surface area contributed by atoms with Gasteiger partial charge in [-0.25, -0.2) is 0 Å². The summed E-state index contributed by atoms with van der Waals surface area (Å²) in [5, 5.41) is 25.1. The van der Waals surface area contributed by atoms with Crippen LogP contribution in [-0.4, -0.2) is 82.5 Å².